The van der Waals surface area contributed by atoms with Crippen LogP contribution in [0.15, 0.2) is 41.4 Å². The zero-order valence-electron chi connectivity index (χ0n) is 23.9. The molecule has 1 saturated heterocycles. The van der Waals surface area contributed by atoms with Crippen molar-refractivity contribution in [1.82, 2.24) is 14.0 Å². The minimum atomic E-state index is -0.184. The second-order valence-electron chi connectivity index (χ2n) is 10.7. The maximum atomic E-state index is 13.0. The molecule has 2 amide bonds. The maximum Gasteiger partial charge on any atom is 0.256 e. The van der Waals surface area contributed by atoms with E-state index >= 15 is 0 Å². The molecular formula is C31H35N5O5. The van der Waals surface area contributed by atoms with Gasteiger partial charge in [-0.15, -0.1) is 0 Å². The van der Waals surface area contributed by atoms with E-state index < -0.39 is 0 Å². The molecule has 10 heteroatoms. The van der Waals surface area contributed by atoms with Crippen LogP contribution in [0.5, 0.6) is 5.75 Å². The molecule has 2 aliphatic heterocycles. The van der Waals surface area contributed by atoms with Gasteiger partial charge in [0.1, 0.15) is 11.6 Å². The van der Waals surface area contributed by atoms with Gasteiger partial charge in [0.2, 0.25) is 5.91 Å². The van der Waals surface area contributed by atoms with Crippen LogP contribution in [0, 0.1) is 6.92 Å². The zero-order chi connectivity index (χ0) is 29.3. The molecule has 1 aromatic carbocycles. The Hall–Kier alpha value is -4.47. The Labute approximate surface area is 239 Å². The zero-order valence-corrected chi connectivity index (χ0v) is 23.9. The van der Waals surface area contributed by atoms with E-state index in [0.717, 1.165) is 30.6 Å². The van der Waals surface area contributed by atoms with Gasteiger partial charge in [0, 0.05) is 52.0 Å². The molecule has 2 aliphatic rings. The molecule has 4 heterocycles. The van der Waals surface area contributed by atoms with Gasteiger partial charge in [-0.3, -0.25) is 24.2 Å². The van der Waals surface area contributed by atoms with Crippen molar-refractivity contribution in [2.75, 3.05) is 18.5 Å². The summed E-state index contributed by atoms with van der Waals surface area (Å²) in [4.78, 5) is 56.7. The molecule has 0 spiro atoms. The smallest absolute Gasteiger partial charge is 0.256 e. The number of aromatic nitrogens is 2. The predicted molar refractivity (Wildman–Crippen MR) is 156 cm³/mol. The number of rotatable bonds is 10. The van der Waals surface area contributed by atoms with Gasteiger partial charge in [-0.2, -0.15) is 0 Å². The number of anilines is 1. The number of ketones is 2. The number of aryl methyl sites for hydroxylation is 1. The molecule has 0 aliphatic carbocycles. The Bertz CT molecular complexity index is 1560. The fraction of sp³-hybridized carbons (Fsp3) is 0.387. The fourth-order valence-electron chi connectivity index (χ4n) is 5.51. The molecule has 2 aromatic heterocycles. The van der Waals surface area contributed by atoms with Gasteiger partial charge in [-0.1, -0.05) is 0 Å². The van der Waals surface area contributed by atoms with Gasteiger partial charge in [0.05, 0.1) is 41.7 Å². The number of fused-ring (bicyclic) bond motifs is 2. The molecule has 5 rings (SSSR count). The topological polar surface area (TPSA) is 115 Å². The molecule has 0 radical (unpaired) electrons. The molecule has 0 bridgehead atoms. The maximum absolute atomic E-state index is 13.0. The van der Waals surface area contributed by atoms with Crippen LogP contribution in [0.4, 0.5) is 11.5 Å². The highest BCUT2D eigenvalue weighted by atomic mass is 16.5. The first-order valence-electron chi connectivity index (χ1n) is 13.9. The second kappa shape index (κ2) is 11.6. The minimum Gasteiger partial charge on any atom is -0.493 e. The average Bonchev–Trinajstić information content (AvgIpc) is 3.63. The van der Waals surface area contributed by atoms with E-state index in [2.05, 4.69) is 10.3 Å². The van der Waals surface area contributed by atoms with Crippen molar-refractivity contribution in [2.45, 2.75) is 52.0 Å². The first-order chi connectivity index (χ1) is 19.6. The fourth-order valence-corrected chi connectivity index (χ4v) is 5.51. The molecule has 1 atom stereocenters. The van der Waals surface area contributed by atoms with Crippen molar-refractivity contribution >= 4 is 41.1 Å². The number of carbonyl (C=O) groups is 4. The third kappa shape index (κ3) is 5.73. The molecule has 1 N–H and O–H groups in total. The Kier molecular flexibility index (Phi) is 7.92. The highest BCUT2D eigenvalue weighted by Crippen LogP contribution is 2.34. The lowest BCUT2D eigenvalue weighted by Crippen LogP contribution is -2.35. The monoisotopic (exact) mass is 557 g/mol. The molecular weight excluding hydrogens is 522 g/mol. The SMILES string of the molecule is CC(=O)c1ccc(CC(=O)c2ccc(NC(=O)CCCOc3cc4c(cc3C)C(=O)N3CCC[C@H]3C=N4)n2C)n1C. The van der Waals surface area contributed by atoms with Crippen LogP contribution in [-0.2, 0) is 25.3 Å². The number of aliphatic imine (C=N–C) groups is 1. The van der Waals surface area contributed by atoms with Gasteiger partial charge in [-0.25, -0.2) is 0 Å². The van der Waals surface area contributed by atoms with Crippen LogP contribution in [-0.4, -0.2) is 62.8 Å². The molecule has 0 saturated carbocycles. The summed E-state index contributed by atoms with van der Waals surface area (Å²) in [5, 5.41) is 2.87. The Morgan fingerprint density at radius 3 is 2.61 bits per heavy atom. The third-order valence-corrected chi connectivity index (χ3v) is 7.88. The van der Waals surface area contributed by atoms with Crippen molar-refractivity contribution in [3.63, 3.8) is 0 Å². The number of hydrogen-bond donors (Lipinski definition) is 1. The van der Waals surface area contributed by atoms with E-state index in [1.54, 1.807) is 53.6 Å². The minimum absolute atomic E-state index is 0.0129. The molecule has 1 fully saturated rings. The Morgan fingerprint density at radius 2 is 1.85 bits per heavy atom. The number of nitrogens with zero attached hydrogens (tertiary/aromatic N) is 4. The number of ether oxygens (including phenoxy) is 1. The van der Waals surface area contributed by atoms with E-state index in [9.17, 15) is 19.2 Å². The van der Waals surface area contributed by atoms with Gasteiger partial charge in [0.25, 0.3) is 5.91 Å². The molecule has 214 valence electrons. The van der Waals surface area contributed by atoms with Crippen LogP contribution in [0.25, 0.3) is 0 Å². The number of carbonyl (C=O) groups excluding carboxylic acids is 4. The van der Waals surface area contributed by atoms with Crippen molar-refractivity contribution in [2.24, 2.45) is 19.1 Å². The summed E-state index contributed by atoms with van der Waals surface area (Å²) in [7, 11) is 3.50. The lowest BCUT2D eigenvalue weighted by atomic mass is 10.1. The van der Waals surface area contributed by atoms with Crippen LogP contribution in [0.3, 0.4) is 0 Å². The summed E-state index contributed by atoms with van der Waals surface area (Å²) >= 11 is 0. The van der Waals surface area contributed by atoms with Gasteiger partial charge in [-0.05, 0) is 62.1 Å². The summed E-state index contributed by atoms with van der Waals surface area (Å²) in [6.07, 6.45) is 4.66. The van der Waals surface area contributed by atoms with E-state index in [1.165, 1.54) is 6.92 Å². The summed E-state index contributed by atoms with van der Waals surface area (Å²) in [6, 6.07) is 10.6. The van der Waals surface area contributed by atoms with E-state index in [1.807, 2.05) is 24.1 Å². The molecule has 41 heavy (non-hydrogen) atoms. The van der Waals surface area contributed by atoms with Crippen LogP contribution in [0.2, 0.25) is 0 Å². The summed E-state index contributed by atoms with van der Waals surface area (Å²) in [5.74, 6) is 0.839. The van der Waals surface area contributed by atoms with E-state index in [0.29, 0.717) is 47.2 Å². The standard InChI is InChI=1S/C31H35N5O5/c1-19-15-23-24(32-18-22-7-5-13-36(22)31(23)40)17-28(19)41-14-6-8-30(39)33-29-12-11-26(35(29)4)27(38)16-21-9-10-25(20(2)37)34(21)3/h9-12,15,17-18,22H,5-8,13-14,16H2,1-4H3,(H,33,39)/t22-/m0/s1. The van der Waals surface area contributed by atoms with Crippen LogP contribution >= 0.6 is 0 Å². The van der Waals surface area contributed by atoms with Gasteiger partial charge < -0.3 is 24.1 Å². The molecule has 3 aromatic rings. The highest BCUT2D eigenvalue weighted by molar-refractivity contribution is 6.03. The summed E-state index contributed by atoms with van der Waals surface area (Å²) in [5.41, 5.74) is 3.83. The van der Waals surface area contributed by atoms with Crippen molar-refractivity contribution in [3.05, 3.63) is 64.6 Å². The van der Waals surface area contributed by atoms with Crippen molar-refractivity contribution < 1.29 is 23.9 Å². The van der Waals surface area contributed by atoms with Gasteiger partial charge in [0.15, 0.2) is 11.6 Å². The largest absolute Gasteiger partial charge is 0.493 e. The van der Waals surface area contributed by atoms with Crippen LogP contribution in [0.1, 0.15) is 75.2 Å². The van der Waals surface area contributed by atoms with E-state index in [4.69, 9.17) is 4.74 Å². The first kappa shape index (κ1) is 28.1. The summed E-state index contributed by atoms with van der Waals surface area (Å²) in [6.45, 7) is 4.48. The summed E-state index contributed by atoms with van der Waals surface area (Å²) < 4.78 is 9.36. The highest BCUT2D eigenvalue weighted by Gasteiger charge is 2.32. The van der Waals surface area contributed by atoms with Crippen LogP contribution < -0.4 is 10.1 Å². The normalized spacial score (nSPS) is 15.9. The van der Waals surface area contributed by atoms with E-state index in [-0.39, 0.29) is 42.3 Å². The number of nitrogens with one attached hydrogen (secondary N) is 1. The van der Waals surface area contributed by atoms with Crippen molar-refractivity contribution in [1.29, 1.82) is 0 Å². The third-order valence-electron chi connectivity index (χ3n) is 7.88. The average molecular weight is 558 g/mol. The van der Waals surface area contributed by atoms with Gasteiger partial charge >= 0.3 is 0 Å². The Morgan fingerprint density at radius 1 is 1.07 bits per heavy atom. The Balaban J connectivity index is 1.13. The predicted octanol–water partition coefficient (Wildman–Crippen LogP) is 4.42. The number of benzene rings is 1. The lowest BCUT2D eigenvalue weighted by Gasteiger charge is -2.20. The molecule has 0 unspecified atom stereocenters. The second-order valence-corrected chi connectivity index (χ2v) is 10.7. The first-order valence-corrected chi connectivity index (χ1v) is 13.9. The number of amides is 2. The molecule has 10 nitrogen and oxygen atoms in total. The lowest BCUT2D eigenvalue weighted by molar-refractivity contribution is -0.116. The number of hydrogen-bond acceptors (Lipinski definition) is 6. The quantitative estimate of drug-likeness (QED) is 0.293. The van der Waals surface area contributed by atoms with Crippen molar-refractivity contribution in [3.8, 4) is 5.75 Å². The number of Topliss-reactive ketones (excluding diaryl/α,β-unsaturated/α-hetero) is 2.